The molecule has 0 aromatic heterocycles. The van der Waals surface area contributed by atoms with Crippen LogP contribution in [0.5, 0.6) is 11.5 Å². The van der Waals surface area contributed by atoms with E-state index in [0.717, 1.165) is 28.4 Å². The highest BCUT2D eigenvalue weighted by Crippen LogP contribution is 2.29. The van der Waals surface area contributed by atoms with Crippen LogP contribution in [0.25, 0.3) is 0 Å². The predicted octanol–water partition coefficient (Wildman–Crippen LogP) is 5.51. The molecule has 0 saturated heterocycles. The van der Waals surface area contributed by atoms with E-state index in [0.29, 0.717) is 50.6 Å². The van der Waals surface area contributed by atoms with Crippen molar-refractivity contribution in [3.05, 3.63) is 58.1 Å². The summed E-state index contributed by atoms with van der Waals surface area (Å²) in [6.07, 6.45) is 2.75. The zero-order valence-electron chi connectivity index (χ0n) is 20.7. The second kappa shape index (κ2) is 14.7. The SMILES string of the molecule is CCCCNC(=O)[C@H](C)N(Cc1cccc(Br)c1)C(=O)CCc1ccc(OCC)c(OCC)c1. The summed E-state index contributed by atoms with van der Waals surface area (Å²) in [5.41, 5.74) is 1.96. The Bertz CT molecular complexity index is 935. The van der Waals surface area contributed by atoms with Gasteiger partial charge in [0.15, 0.2) is 11.5 Å². The number of rotatable bonds is 14. The van der Waals surface area contributed by atoms with Crippen molar-refractivity contribution in [2.45, 2.75) is 66.0 Å². The zero-order valence-corrected chi connectivity index (χ0v) is 22.3. The molecule has 0 aliphatic carbocycles. The van der Waals surface area contributed by atoms with Gasteiger partial charge >= 0.3 is 0 Å². The number of carbonyl (C=O) groups is 2. The monoisotopic (exact) mass is 532 g/mol. The topological polar surface area (TPSA) is 67.9 Å². The predicted molar refractivity (Wildman–Crippen MR) is 139 cm³/mol. The Morgan fingerprint density at radius 1 is 1.00 bits per heavy atom. The molecular formula is C27H37BrN2O4. The Morgan fingerprint density at radius 2 is 1.74 bits per heavy atom. The smallest absolute Gasteiger partial charge is 0.242 e. The fourth-order valence-corrected chi connectivity index (χ4v) is 4.04. The van der Waals surface area contributed by atoms with Gasteiger partial charge in [0.05, 0.1) is 13.2 Å². The van der Waals surface area contributed by atoms with Gasteiger partial charge in [0, 0.05) is 24.0 Å². The molecule has 2 aromatic carbocycles. The number of amides is 2. The van der Waals surface area contributed by atoms with Crippen LogP contribution in [0, 0.1) is 0 Å². The van der Waals surface area contributed by atoms with E-state index in [1.54, 1.807) is 11.8 Å². The molecule has 0 heterocycles. The molecule has 2 rings (SSSR count). The van der Waals surface area contributed by atoms with Crippen LogP contribution in [-0.2, 0) is 22.6 Å². The molecule has 0 bridgehead atoms. The lowest BCUT2D eigenvalue weighted by atomic mass is 10.1. The maximum absolute atomic E-state index is 13.3. The first-order valence-corrected chi connectivity index (χ1v) is 12.9. The minimum absolute atomic E-state index is 0.0649. The van der Waals surface area contributed by atoms with Gasteiger partial charge in [-0.3, -0.25) is 9.59 Å². The fraction of sp³-hybridized carbons (Fsp3) is 0.481. The number of hydrogen-bond acceptors (Lipinski definition) is 4. The largest absolute Gasteiger partial charge is 0.490 e. The normalized spacial score (nSPS) is 11.6. The van der Waals surface area contributed by atoms with Crippen molar-refractivity contribution >= 4 is 27.7 Å². The van der Waals surface area contributed by atoms with Crippen molar-refractivity contribution < 1.29 is 19.1 Å². The molecular weight excluding hydrogens is 496 g/mol. The van der Waals surface area contributed by atoms with Crippen molar-refractivity contribution in [1.82, 2.24) is 10.2 Å². The molecule has 0 spiro atoms. The fourth-order valence-electron chi connectivity index (χ4n) is 3.60. The first-order chi connectivity index (χ1) is 16.4. The minimum atomic E-state index is -0.567. The highest BCUT2D eigenvalue weighted by Gasteiger charge is 2.26. The Labute approximate surface area is 212 Å². The van der Waals surface area contributed by atoms with Gasteiger partial charge in [-0.1, -0.05) is 47.5 Å². The molecule has 0 aliphatic heterocycles. The van der Waals surface area contributed by atoms with E-state index in [2.05, 4.69) is 28.2 Å². The summed E-state index contributed by atoms with van der Waals surface area (Å²) in [7, 11) is 0. The Balaban J connectivity index is 2.15. The zero-order chi connectivity index (χ0) is 24.9. The summed E-state index contributed by atoms with van der Waals surface area (Å²) in [5.74, 6) is 1.19. The van der Waals surface area contributed by atoms with Gasteiger partial charge in [-0.2, -0.15) is 0 Å². The summed E-state index contributed by atoms with van der Waals surface area (Å²) in [5, 5.41) is 2.96. The first kappa shape index (κ1) is 27.7. The van der Waals surface area contributed by atoms with E-state index in [4.69, 9.17) is 9.47 Å². The van der Waals surface area contributed by atoms with E-state index >= 15 is 0 Å². The average Bonchev–Trinajstić information content (AvgIpc) is 2.82. The number of hydrogen-bond donors (Lipinski definition) is 1. The van der Waals surface area contributed by atoms with Gasteiger partial charge < -0.3 is 19.7 Å². The third-order valence-corrected chi connectivity index (χ3v) is 5.97. The van der Waals surface area contributed by atoms with Gasteiger partial charge in [-0.05, 0) is 69.0 Å². The van der Waals surface area contributed by atoms with Crippen molar-refractivity contribution in [1.29, 1.82) is 0 Å². The van der Waals surface area contributed by atoms with Crippen LogP contribution >= 0.6 is 15.9 Å². The van der Waals surface area contributed by atoms with Gasteiger partial charge in [0.2, 0.25) is 11.8 Å². The van der Waals surface area contributed by atoms with Crippen LogP contribution in [0.4, 0.5) is 0 Å². The highest BCUT2D eigenvalue weighted by molar-refractivity contribution is 9.10. The number of carbonyl (C=O) groups excluding carboxylic acids is 2. The second-order valence-corrected chi connectivity index (χ2v) is 9.03. The molecule has 34 heavy (non-hydrogen) atoms. The summed E-state index contributed by atoms with van der Waals surface area (Å²) in [4.78, 5) is 27.8. The molecule has 0 fully saturated rings. The minimum Gasteiger partial charge on any atom is -0.490 e. The first-order valence-electron chi connectivity index (χ1n) is 12.1. The quantitative estimate of drug-likeness (QED) is 0.325. The lowest BCUT2D eigenvalue weighted by Crippen LogP contribution is -2.47. The van der Waals surface area contributed by atoms with Crippen molar-refractivity contribution in [2.75, 3.05) is 19.8 Å². The average molecular weight is 534 g/mol. The maximum Gasteiger partial charge on any atom is 0.242 e. The molecule has 0 saturated carbocycles. The number of ether oxygens (including phenoxy) is 2. The molecule has 1 N–H and O–H groups in total. The van der Waals surface area contributed by atoms with Crippen LogP contribution < -0.4 is 14.8 Å². The van der Waals surface area contributed by atoms with E-state index in [-0.39, 0.29) is 11.8 Å². The van der Waals surface area contributed by atoms with E-state index in [1.807, 2.05) is 56.3 Å². The number of nitrogens with one attached hydrogen (secondary N) is 1. The van der Waals surface area contributed by atoms with Gasteiger partial charge in [0.25, 0.3) is 0 Å². The lowest BCUT2D eigenvalue weighted by molar-refractivity contribution is -0.140. The Kier molecular flexibility index (Phi) is 11.9. The third kappa shape index (κ3) is 8.67. The van der Waals surface area contributed by atoms with Crippen LogP contribution in [-0.4, -0.2) is 42.5 Å². The van der Waals surface area contributed by atoms with Crippen molar-refractivity contribution in [3.63, 3.8) is 0 Å². The summed E-state index contributed by atoms with van der Waals surface area (Å²) >= 11 is 3.49. The molecule has 2 aromatic rings. The van der Waals surface area contributed by atoms with Gasteiger partial charge in [-0.25, -0.2) is 0 Å². The van der Waals surface area contributed by atoms with Crippen molar-refractivity contribution in [2.24, 2.45) is 0 Å². The highest BCUT2D eigenvalue weighted by atomic mass is 79.9. The number of benzene rings is 2. The van der Waals surface area contributed by atoms with Crippen LogP contribution in [0.1, 0.15) is 58.1 Å². The van der Waals surface area contributed by atoms with Gasteiger partial charge in [0.1, 0.15) is 6.04 Å². The van der Waals surface area contributed by atoms with Crippen LogP contribution in [0.2, 0.25) is 0 Å². The summed E-state index contributed by atoms with van der Waals surface area (Å²) < 4.78 is 12.3. The lowest BCUT2D eigenvalue weighted by Gasteiger charge is -2.29. The molecule has 6 nitrogen and oxygen atoms in total. The second-order valence-electron chi connectivity index (χ2n) is 8.12. The Morgan fingerprint density at radius 3 is 2.41 bits per heavy atom. The molecule has 186 valence electrons. The van der Waals surface area contributed by atoms with Gasteiger partial charge in [-0.15, -0.1) is 0 Å². The van der Waals surface area contributed by atoms with Crippen molar-refractivity contribution in [3.8, 4) is 11.5 Å². The number of unbranched alkanes of at least 4 members (excludes halogenated alkanes) is 1. The Hall–Kier alpha value is -2.54. The van der Waals surface area contributed by atoms with E-state index in [1.165, 1.54) is 0 Å². The summed E-state index contributed by atoms with van der Waals surface area (Å²) in [6.45, 7) is 9.81. The molecule has 0 unspecified atom stereocenters. The van der Waals surface area contributed by atoms with E-state index < -0.39 is 6.04 Å². The standard InChI is InChI=1S/C27H37BrN2O4/c1-5-8-16-29-27(32)20(4)30(19-22-10-9-11-23(28)17-22)26(31)15-13-21-12-14-24(33-6-2)25(18-21)34-7-3/h9-12,14,17-18,20H,5-8,13,15-16,19H2,1-4H3,(H,29,32)/t20-/m0/s1. The molecule has 2 amide bonds. The third-order valence-electron chi connectivity index (χ3n) is 5.47. The molecule has 0 radical (unpaired) electrons. The number of aryl methyl sites for hydroxylation is 1. The van der Waals surface area contributed by atoms with Crippen LogP contribution in [0.3, 0.4) is 0 Å². The number of halogens is 1. The number of nitrogens with zero attached hydrogens (tertiary/aromatic N) is 1. The van der Waals surface area contributed by atoms with Crippen LogP contribution in [0.15, 0.2) is 46.9 Å². The summed E-state index contributed by atoms with van der Waals surface area (Å²) in [6, 6.07) is 13.0. The van der Waals surface area contributed by atoms with E-state index in [9.17, 15) is 9.59 Å². The molecule has 1 atom stereocenters. The maximum atomic E-state index is 13.3. The molecule has 7 heteroatoms. The molecule has 0 aliphatic rings.